The van der Waals surface area contributed by atoms with Crippen LogP contribution in [0.5, 0.6) is 5.75 Å². The average Bonchev–Trinajstić information content (AvgIpc) is 3.08. The molecule has 3 atom stereocenters. The molecule has 2 amide bonds. The number of hydrogen-bond donors (Lipinski definition) is 2. The van der Waals surface area contributed by atoms with Crippen LogP contribution in [0, 0.1) is 0 Å². The summed E-state index contributed by atoms with van der Waals surface area (Å²) < 4.78 is 42.9. The first-order valence-corrected chi connectivity index (χ1v) is 12.1. The lowest BCUT2D eigenvalue weighted by Crippen LogP contribution is -2.55. The minimum atomic E-state index is -4.47. The van der Waals surface area contributed by atoms with E-state index in [2.05, 4.69) is 15.2 Å². The number of carbonyl (C=O) groups excluding carboxylic acids is 2. The van der Waals surface area contributed by atoms with E-state index in [1.54, 1.807) is 44.2 Å². The third-order valence-corrected chi connectivity index (χ3v) is 6.78. The van der Waals surface area contributed by atoms with Crippen molar-refractivity contribution < 1.29 is 27.5 Å². The number of pyridine rings is 1. The lowest BCUT2D eigenvalue weighted by Gasteiger charge is -2.40. The first-order valence-electron chi connectivity index (χ1n) is 11.8. The second-order valence-electron chi connectivity index (χ2n) is 9.70. The number of nitrogens with one attached hydrogen (secondary N) is 2. The SMILES string of the molecule is CC(C)(Oc1ccc(Cl)cc1)C(=O)N[C@H]1C[C@H]2CC[C@@H](C1)N2c1ccc(C(=O)NCC(F)(F)F)cn1. The van der Waals surface area contributed by atoms with Crippen LogP contribution in [-0.2, 0) is 4.79 Å². The number of aromatic nitrogens is 1. The molecule has 2 fully saturated rings. The zero-order valence-corrected chi connectivity index (χ0v) is 20.7. The van der Waals surface area contributed by atoms with Crippen molar-refractivity contribution in [3.8, 4) is 5.75 Å². The molecule has 2 aliphatic rings. The van der Waals surface area contributed by atoms with Crippen molar-refractivity contribution in [2.24, 2.45) is 0 Å². The molecule has 2 N–H and O–H groups in total. The Morgan fingerprint density at radius 3 is 2.28 bits per heavy atom. The van der Waals surface area contributed by atoms with Crippen molar-refractivity contribution in [1.29, 1.82) is 0 Å². The fourth-order valence-electron chi connectivity index (χ4n) is 4.83. The smallest absolute Gasteiger partial charge is 0.405 e. The Balaban J connectivity index is 1.34. The van der Waals surface area contributed by atoms with Gasteiger partial charge >= 0.3 is 6.18 Å². The van der Waals surface area contributed by atoms with Crippen LogP contribution in [0.25, 0.3) is 0 Å². The van der Waals surface area contributed by atoms with Crippen LogP contribution >= 0.6 is 11.6 Å². The Morgan fingerprint density at radius 1 is 1.08 bits per heavy atom. The van der Waals surface area contributed by atoms with Crippen molar-refractivity contribution >= 4 is 29.2 Å². The molecule has 11 heteroatoms. The van der Waals surface area contributed by atoms with Gasteiger partial charge in [0, 0.05) is 29.3 Å². The number of alkyl halides is 3. The molecule has 2 saturated heterocycles. The molecule has 0 unspecified atom stereocenters. The van der Waals surface area contributed by atoms with Gasteiger partial charge in [0.05, 0.1) is 5.56 Å². The van der Waals surface area contributed by atoms with Crippen LogP contribution in [0.4, 0.5) is 19.0 Å². The number of rotatable bonds is 7. The molecule has 2 bridgehead atoms. The molecule has 0 aliphatic carbocycles. The Hall–Kier alpha value is -3.01. The number of halogens is 4. The maximum atomic E-state index is 13.0. The topological polar surface area (TPSA) is 83.6 Å². The third kappa shape index (κ3) is 6.21. The molecule has 36 heavy (non-hydrogen) atoms. The summed E-state index contributed by atoms with van der Waals surface area (Å²) in [5, 5.41) is 5.56. The molecule has 4 rings (SSSR count). The van der Waals surface area contributed by atoms with Crippen molar-refractivity contribution in [3.05, 3.63) is 53.2 Å². The molecular formula is C25H28ClF3N4O3. The monoisotopic (exact) mass is 524 g/mol. The quantitative estimate of drug-likeness (QED) is 0.557. The molecule has 0 saturated carbocycles. The zero-order chi connectivity index (χ0) is 26.1. The largest absolute Gasteiger partial charge is 0.478 e. The van der Waals surface area contributed by atoms with Gasteiger partial charge in [0.2, 0.25) is 0 Å². The Labute approximate surface area is 212 Å². The fraction of sp³-hybridized carbons (Fsp3) is 0.480. The number of hydrogen-bond acceptors (Lipinski definition) is 5. The average molecular weight is 525 g/mol. The number of ether oxygens (including phenoxy) is 1. The minimum Gasteiger partial charge on any atom is -0.478 e. The highest BCUT2D eigenvalue weighted by molar-refractivity contribution is 6.30. The Bertz CT molecular complexity index is 1080. The fourth-order valence-corrected chi connectivity index (χ4v) is 4.95. The minimum absolute atomic E-state index is 0.0215. The zero-order valence-electron chi connectivity index (χ0n) is 19.9. The second-order valence-corrected chi connectivity index (χ2v) is 10.1. The van der Waals surface area contributed by atoms with Gasteiger partial charge in [-0.3, -0.25) is 9.59 Å². The van der Waals surface area contributed by atoms with Gasteiger partial charge in [0.1, 0.15) is 18.1 Å². The van der Waals surface area contributed by atoms with Crippen molar-refractivity contribution in [2.75, 3.05) is 11.4 Å². The predicted octanol–water partition coefficient (Wildman–Crippen LogP) is 4.50. The summed E-state index contributed by atoms with van der Waals surface area (Å²) in [5.74, 6) is 0.198. The second kappa shape index (κ2) is 10.2. The third-order valence-electron chi connectivity index (χ3n) is 6.53. The first-order chi connectivity index (χ1) is 16.9. The lowest BCUT2D eigenvalue weighted by molar-refractivity contribution is -0.135. The van der Waals surface area contributed by atoms with Gasteiger partial charge < -0.3 is 20.3 Å². The van der Waals surface area contributed by atoms with Crippen LogP contribution in [0.15, 0.2) is 42.6 Å². The van der Waals surface area contributed by atoms with Crippen LogP contribution in [0.2, 0.25) is 5.02 Å². The summed E-state index contributed by atoms with van der Waals surface area (Å²) >= 11 is 5.91. The molecule has 194 valence electrons. The maximum Gasteiger partial charge on any atom is 0.405 e. The predicted molar refractivity (Wildman–Crippen MR) is 129 cm³/mol. The standard InChI is InChI=1S/C25H28ClF3N4O3/c1-24(2,36-20-8-4-16(26)5-9-20)23(35)32-17-11-18-6-7-19(12-17)33(18)21-10-3-15(13-30-21)22(34)31-14-25(27,28)29/h3-5,8-10,13,17-19H,6-7,11-12,14H2,1-2H3,(H,31,34)(H,32,35)/t17-,18+,19-. The van der Waals surface area contributed by atoms with E-state index in [1.165, 1.54) is 12.3 Å². The number of anilines is 1. The van der Waals surface area contributed by atoms with E-state index in [4.69, 9.17) is 16.3 Å². The number of benzene rings is 1. The molecule has 2 aliphatic heterocycles. The van der Waals surface area contributed by atoms with E-state index in [9.17, 15) is 22.8 Å². The molecule has 0 radical (unpaired) electrons. The Kier molecular flexibility index (Phi) is 7.36. The van der Waals surface area contributed by atoms with Gasteiger partial charge in [-0.25, -0.2) is 4.98 Å². The first kappa shape index (κ1) is 26.1. The number of piperidine rings is 1. The summed E-state index contributed by atoms with van der Waals surface area (Å²) in [7, 11) is 0. The van der Waals surface area contributed by atoms with E-state index >= 15 is 0 Å². The number of carbonyl (C=O) groups is 2. The highest BCUT2D eigenvalue weighted by Gasteiger charge is 2.43. The highest BCUT2D eigenvalue weighted by atomic mass is 35.5. The van der Waals surface area contributed by atoms with Gasteiger partial charge in [-0.15, -0.1) is 0 Å². The summed E-state index contributed by atoms with van der Waals surface area (Å²) in [6.45, 7) is 2.05. The van der Waals surface area contributed by atoms with Crippen molar-refractivity contribution in [1.82, 2.24) is 15.6 Å². The van der Waals surface area contributed by atoms with Crippen LogP contribution < -0.4 is 20.3 Å². The summed E-state index contributed by atoms with van der Waals surface area (Å²) in [5.41, 5.74) is -1.01. The van der Waals surface area contributed by atoms with Crippen molar-refractivity contribution in [2.45, 2.75) is 69.4 Å². The van der Waals surface area contributed by atoms with Gasteiger partial charge in [-0.2, -0.15) is 13.2 Å². The summed E-state index contributed by atoms with van der Waals surface area (Å²) in [6.07, 6.45) is 0.169. The summed E-state index contributed by atoms with van der Waals surface area (Å²) in [6, 6.07) is 10.3. The van der Waals surface area contributed by atoms with Crippen molar-refractivity contribution in [3.63, 3.8) is 0 Å². The van der Waals surface area contributed by atoms with Gasteiger partial charge in [-0.05, 0) is 75.9 Å². The van der Waals surface area contributed by atoms with Gasteiger partial charge in [-0.1, -0.05) is 11.6 Å². The van der Waals surface area contributed by atoms with Gasteiger partial charge in [0.15, 0.2) is 5.60 Å². The van der Waals surface area contributed by atoms with Crippen LogP contribution in [0.1, 0.15) is 49.9 Å². The highest BCUT2D eigenvalue weighted by Crippen LogP contribution is 2.38. The van der Waals surface area contributed by atoms with Crippen LogP contribution in [-0.4, -0.2) is 53.2 Å². The van der Waals surface area contributed by atoms with Crippen LogP contribution in [0.3, 0.4) is 0 Å². The lowest BCUT2D eigenvalue weighted by atomic mass is 9.96. The summed E-state index contributed by atoms with van der Waals surface area (Å²) in [4.78, 5) is 31.5. The molecule has 3 heterocycles. The van der Waals surface area contributed by atoms with E-state index < -0.39 is 24.2 Å². The van der Waals surface area contributed by atoms with E-state index in [0.29, 0.717) is 16.6 Å². The van der Waals surface area contributed by atoms with E-state index in [0.717, 1.165) is 25.7 Å². The number of fused-ring (bicyclic) bond motifs is 2. The molecule has 1 aromatic heterocycles. The molecule has 1 aromatic carbocycles. The molecule has 0 spiro atoms. The van der Waals surface area contributed by atoms with Gasteiger partial charge in [0.25, 0.3) is 11.8 Å². The molecule has 2 aromatic rings. The number of nitrogens with zero attached hydrogens (tertiary/aromatic N) is 2. The van der Waals surface area contributed by atoms with E-state index in [1.807, 2.05) is 5.32 Å². The normalized spacial score (nSPS) is 21.7. The van der Waals surface area contributed by atoms with E-state index in [-0.39, 0.29) is 29.6 Å². The molecule has 7 nitrogen and oxygen atoms in total. The number of amides is 2. The Morgan fingerprint density at radius 2 is 1.72 bits per heavy atom. The molecular weight excluding hydrogens is 497 g/mol. The maximum absolute atomic E-state index is 13.0.